The third-order valence-electron chi connectivity index (χ3n) is 4.04. The molecule has 1 N–H and O–H groups in total. The summed E-state index contributed by atoms with van der Waals surface area (Å²) >= 11 is 5.43. The Hall–Kier alpha value is -0.640. The maximum atomic E-state index is 3.63. The van der Waals surface area contributed by atoms with Crippen LogP contribution in [0.25, 0.3) is 0 Å². The second kappa shape index (κ2) is 5.78. The maximum absolute atomic E-state index is 3.63. The number of rotatable bonds is 4. The molecule has 0 amide bonds. The molecular formula is C16H18BrNS. The van der Waals surface area contributed by atoms with Crippen LogP contribution in [0.1, 0.15) is 47.2 Å². The molecule has 3 rings (SSSR count). The number of hydrogen-bond donors (Lipinski definition) is 1. The lowest BCUT2D eigenvalue weighted by atomic mass is 9.80. The fourth-order valence-corrected chi connectivity index (χ4v) is 4.40. The molecule has 2 aromatic rings. The highest BCUT2D eigenvalue weighted by Gasteiger charge is 2.20. The zero-order valence-electron chi connectivity index (χ0n) is 11.0. The van der Waals surface area contributed by atoms with Gasteiger partial charge in [-0.1, -0.05) is 30.7 Å². The minimum Gasteiger partial charge on any atom is -0.309 e. The normalized spacial score (nSPS) is 17.2. The quantitative estimate of drug-likeness (QED) is 0.820. The molecule has 19 heavy (non-hydrogen) atoms. The summed E-state index contributed by atoms with van der Waals surface area (Å²) in [4.78, 5) is 1.35. The molecule has 0 radical (unpaired) electrons. The molecule has 1 aromatic heterocycles. The Labute approximate surface area is 127 Å². The van der Waals surface area contributed by atoms with Crippen LogP contribution in [0.2, 0.25) is 0 Å². The third-order valence-corrected chi connectivity index (χ3v) is 5.98. The Morgan fingerprint density at radius 2 is 1.95 bits per heavy atom. The van der Waals surface area contributed by atoms with Crippen molar-refractivity contribution in [1.82, 2.24) is 5.32 Å². The third kappa shape index (κ3) is 2.64. The second-order valence-corrected chi connectivity index (χ2v) is 6.95. The van der Waals surface area contributed by atoms with Gasteiger partial charge in [-0.05, 0) is 64.3 Å². The molecular weight excluding hydrogens is 318 g/mol. The Balaban J connectivity index is 1.85. The average Bonchev–Trinajstić information content (AvgIpc) is 2.77. The summed E-state index contributed by atoms with van der Waals surface area (Å²) in [6.07, 6.45) is 4.13. The lowest BCUT2D eigenvalue weighted by Crippen LogP contribution is -2.17. The first-order valence-corrected chi connectivity index (χ1v) is 8.47. The molecule has 1 aromatic carbocycles. The molecule has 1 fully saturated rings. The van der Waals surface area contributed by atoms with Crippen molar-refractivity contribution in [2.24, 2.45) is 0 Å². The standard InChI is InChI=1S/C16H18BrNS/c1-18-15(16-14(17)9-10-19-16)13-7-5-12(6-8-13)11-3-2-4-11/h5-11,15,18H,2-4H2,1H3. The largest absolute Gasteiger partial charge is 0.309 e. The monoisotopic (exact) mass is 335 g/mol. The van der Waals surface area contributed by atoms with Crippen LogP contribution in [0.4, 0.5) is 0 Å². The summed E-state index contributed by atoms with van der Waals surface area (Å²) in [5.74, 6) is 0.815. The Bertz CT molecular complexity index is 542. The van der Waals surface area contributed by atoms with E-state index in [0.717, 1.165) is 5.92 Å². The van der Waals surface area contributed by atoms with Crippen LogP contribution in [-0.4, -0.2) is 7.05 Å². The molecule has 0 spiro atoms. The fraction of sp³-hybridized carbons (Fsp3) is 0.375. The fourth-order valence-electron chi connectivity index (χ4n) is 2.66. The molecule has 1 atom stereocenters. The van der Waals surface area contributed by atoms with Crippen molar-refractivity contribution in [2.45, 2.75) is 31.2 Å². The van der Waals surface area contributed by atoms with Gasteiger partial charge >= 0.3 is 0 Å². The highest BCUT2D eigenvalue weighted by molar-refractivity contribution is 9.10. The van der Waals surface area contributed by atoms with Gasteiger partial charge in [0.15, 0.2) is 0 Å². The van der Waals surface area contributed by atoms with Crippen molar-refractivity contribution < 1.29 is 0 Å². The van der Waals surface area contributed by atoms with Crippen LogP contribution < -0.4 is 5.32 Å². The molecule has 1 heterocycles. The summed E-state index contributed by atoms with van der Waals surface area (Å²) in [6.45, 7) is 0. The number of benzene rings is 1. The predicted octanol–water partition coefficient (Wildman–Crippen LogP) is 5.09. The van der Waals surface area contributed by atoms with Gasteiger partial charge in [0.25, 0.3) is 0 Å². The Kier molecular flexibility index (Phi) is 4.06. The van der Waals surface area contributed by atoms with Crippen molar-refractivity contribution >= 4 is 27.3 Å². The van der Waals surface area contributed by atoms with Gasteiger partial charge in [-0.2, -0.15) is 0 Å². The van der Waals surface area contributed by atoms with Crippen LogP contribution in [0.3, 0.4) is 0 Å². The van der Waals surface area contributed by atoms with Gasteiger partial charge in [0.2, 0.25) is 0 Å². The Morgan fingerprint density at radius 3 is 2.42 bits per heavy atom. The maximum Gasteiger partial charge on any atom is 0.0680 e. The molecule has 1 saturated carbocycles. The molecule has 100 valence electrons. The predicted molar refractivity (Wildman–Crippen MR) is 86.0 cm³/mol. The van der Waals surface area contributed by atoms with Crippen molar-refractivity contribution in [2.75, 3.05) is 7.05 Å². The molecule has 0 bridgehead atoms. The van der Waals surface area contributed by atoms with E-state index in [4.69, 9.17) is 0 Å². The van der Waals surface area contributed by atoms with Gasteiger partial charge in [0.1, 0.15) is 0 Å². The van der Waals surface area contributed by atoms with Crippen molar-refractivity contribution in [3.05, 3.63) is 56.2 Å². The Morgan fingerprint density at radius 1 is 1.21 bits per heavy atom. The van der Waals surface area contributed by atoms with E-state index in [9.17, 15) is 0 Å². The molecule has 0 saturated heterocycles. The van der Waals surface area contributed by atoms with Crippen LogP contribution in [0, 0.1) is 0 Å². The summed E-state index contributed by atoms with van der Waals surface area (Å²) in [7, 11) is 2.02. The van der Waals surface area contributed by atoms with Gasteiger partial charge in [-0.15, -0.1) is 11.3 Å². The SMILES string of the molecule is CNC(c1ccc(C2CCC2)cc1)c1sccc1Br. The van der Waals surface area contributed by atoms with E-state index < -0.39 is 0 Å². The molecule has 1 nitrogen and oxygen atoms in total. The lowest BCUT2D eigenvalue weighted by Gasteiger charge is -2.26. The van der Waals surface area contributed by atoms with E-state index in [1.807, 2.05) is 7.05 Å². The number of nitrogens with one attached hydrogen (secondary N) is 1. The minimum absolute atomic E-state index is 0.282. The lowest BCUT2D eigenvalue weighted by molar-refractivity contribution is 0.419. The van der Waals surface area contributed by atoms with Crippen molar-refractivity contribution in [3.63, 3.8) is 0 Å². The second-order valence-electron chi connectivity index (χ2n) is 5.15. The van der Waals surface area contributed by atoms with Crippen LogP contribution >= 0.6 is 27.3 Å². The van der Waals surface area contributed by atoms with Gasteiger partial charge in [-0.3, -0.25) is 0 Å². The smallest absolute Gasteiger partial charge is 0.0680 e. The van der Waals surface area contributed by atoms with Gasteiger partial charge in [0.05, 0.1) is 6.04 Å². The topological polar surface area (TPSA) is 12.0 Å². The van der Waals surface area contributed by atoms with E-state index in [1.54, 1.807) is 11.3 Å². The van der Waals surface area contributed by atoms with Gasteiger partial charge in [0, 0.05) is 9.35 Å². The molecule has 1 aliphatic carbocycles. The molecule has 0 aliphatic heterocycles. The van der Waals surface area contributed by atoms with E-state index in [2.05, 4.69) is 57.0 Å². The first kappa shape index (κ1) is 13.3. The van der Waals surface area contributed by atoms with E-state index in [-0.39, 0.29) is 6.04 Å². The number of hydrogen-bond acceptors (Lipinski definition) is 2. The van der Waals surface area contributed by atoms with Gasteiger partial charge < -0.3 is 5.32 Å². The van der Waals surface area contributed by atoms with Crippen LogP contribution in [0.15, 0.2) is 40.2 Å². The highest BCUT2D eigenvalue weighted by Crippen LogP contribution is 2.38. The molecule has 1 unspecified atom stereocenters. The molecule has 3 heteroatoms. The van der Waals surface area contributed by atoms with Crippen molar-refractivity contribution in [3.8, 4) is 0 Å². The highest BCUT2D eigenvalue weighted by atomic mass is 79.9. The first-order valence-electron chi connectivity index (χ1n) is 6.79. The van der Waals surface area contributed by atoms with Crippen molar-refractivity contribution in [1.29, 1.82) is 0 Å². The molecule has 1 aliphatic rings. The summed E-state index contributed by atoms with van der Waals surface area (Å²) < 4.78 is 1.19. The van der Waals surface area contributed by atoms with Gasteiger partial charge in [-0.25, -0.2) is 0 Å². The summed E-state index contributed by atoms with van der Waals surface area (Å²) in [6, 6.07) is 11.6. The first-order chi connectivity index (χ1) is 9.29. The zero-order chi connectivity index (χ0) is 13.2. The zero-order valence-corrected chi connectivity index (χ0v) is 13.4. The summed E-state index contributed by atoms with van der Waals surface area (Å²) in [5, 5.41) is 5.55. The summed E-state index contributed by atoms with van der Waals surface area (Å²) in [5.41, 5.74) is 2.85. The van der Waals surface area contributed by atoms with E-state index in [0.29, 0.717) is 0 Å². The van der Waals surface area contributed by atoms with E-state index in [1.165, 1.54) is 39.7 Å². The van der Waals surface area contributed by atoms with E-state index >= 15 is 0 Å². The number of thiophene rings is 1. The van der Waals surface area contributed by atoms with Crippen LogP contribution in [0.5, 0.6) is 0 Å². The average molecular weight is 336 g/mol. The minimum atomic E-state index is 0.282. The number of halogens is 1. The van der Waals surface area contributed by atoms with Crippen LogP contribution in [-0.2, 0) is 0 Å².